The van der Waals surface area contributed by atoms with Crippen LogP contribution < -0.4 is 10.6 Å². The predicted molar refractivity (Wildman–Crippen MR) is 108 cm³/mol. The number of hydrogen-bond donors (Lipinski definition) is 2. The Morgan fingerprint density at radius 3 is 2.62 bits per heavy atom. The van der Waals surface area contributed by atoms with Crippen molar-refractivity contribution in [3.05, 3.63) is 39.9 Å². The molecule has 2 rings (SSSR count). The summed E-state index contributed by atoms with van der Waals surface area (Å²) in [5, 5.41) is 17.5. The topological polar surface area (TPSA) is 79.6 Å². The summed E-state index contributed by atoms with van der Waals surface area (Å²) in [5.41, 5.74) is 1.42. The summed E-state index contributed by atoms with van der Waals surface area (Å²) in [5.74, 6) is 0.751. The molecular weight excluding hydrogens is 419 g/mol. The second-order valence-electron chi connectivity index (χ2n) is 6.94. The number of nitrogens with zero attached hydrogens (tertiary/aromatic N) is 2. The predicted octanol–water partition coefficient (Wildman–Crippen LogP) is 3.85. The monoisotopic (exact) mass is 446 g/mol. The summed E-state index contributed by atoms with van der Waals surface area (Å²) in [6.07, 6.45) is 4.72. The highest BCUT2D eigenvalue weighted by molar-refractivity contribution is 14.0. The molecule has 6 nitrogen and oxygen atoms in total. The lowest BCUT2D eigenvalue weighted by atomic mass is 9.75. The zero-order valence-electron chi connectivity index (χ0n) is 14.5. The second-order valence-corrected chi connectivity index (χ2v) is 6.94. The molecule has 134 valence electrons. The standard InChI is InChI=1S/C17H26N4O2.HI/c1-17(2)9-7-14(8-10-17)20-16(18-3)19-12-13-5-4-6-15(11-13)21(22)23;/h4-6,11,14H,7-10,12H2,1-3H3,(H2,18,19,20);1H. The summed E-state index contributed by atoms with van der Waals surface area (Å²) in [4.78, 5) is 14.7. The van der Waals surface area contributed by atoms with E-state index in [1.54, 1.807) is 19.2 Å². The molecule has 0 radical (unpaired) electrons. The van der Waals surface area contributed by atoms with Crippen LogP contribution in [0.25, 0.3) is 0 Å². The molecule has 0 aliphatic heterocycles. The third-order valence-electron chi connectivity index (χ3n) is 4.48. The highest BCUT2D eigenvalue weighted by Crippen LogP contribution is 2.34. The highest BCUT2D eigenvalue weighted by atomic mass is 127. The minimum Gasteiger partial charge on any atom is -0.354 e. The van der Waals surface area contributed by atoms with Gasteiger partial charge in [-0.05, 0) is 36.7 Å². The Hall–Kier alpha value is -1.38. The van der Waals surface area contributed by atoms with Crippen LogP contribution in [0.4, 0.5) is 5.69 Å². The van der Waals surface area contributed by atoms with Gasteiger partial charge in [-0.2, -0.15) is 0 Å². The molecule has 0 saturated heterocycles. The molecule has 7 heteroatoms. The van der Waals surface area contributed by atoms with Crippen molar-refractivity contribution < 1.29 is 4.92 Å². The first-order chi connectivity index (χ1) is 10.9. The van der Waals surface area contributed by atoms with Gasteiger partial charge in [-0.1, -0.05) is 26.0 Å². The maximum absolute atomic E-state index is 10.8. The van der Waals surface area contributed by atoms with Crippen molar-refractivity contribution in [3.63, 3.8) is 0 Å². The third-order valence-corrected chi connectivity index (χ3v) is 4.48. The third kappa shape index (κ3) is 6.26. The van der Waals surface area contributed by atoms with Crippen LogP contribution in [-0.4, -0.2) is 24.0 Å². The van der Waals surface area contributed by atoms with Crippen LogP contribution in [0.15, 0.2) is 29.3 Å². The maximum atomic E-state index is 10.8. The molecule has 1 aromatic carbocycles. The number of rotatable bonds is 4. The van der Waals surface area contributed by atoms with Crippen molar-refractivity contribution in [1.82, 2.24) is 10.6 Å². The van der Waals surface area contributed by atoms with Crippen molar-refractivity contribution in [2.45, 2.75) is 52.1 Å². The van der Waals surface area contributed by atoms with Crippen molar-refractivity contribution in [1.29, 1.82) is 0 Å². The van der Waals surface area contributed by atoms with E-state index in [0.717, 1.165) is 24.4 Å². The van der Waals surface area contributed by atoms with Gasteiger partial charge in [0.25, 0.3) is 5.69 Å². The average Bonchev–Trinajstić information content (AvgIpc) is 2.53. The number of nitro groups is 1. The Bertz CT molecular complexity index is 580. The van der Waals surface area contributed by atoms with Gasteiger partial charge in [-0.3, -0.25) is 15.1 Å². The number of aliphatic imine (C=N–C) groups is 1. The molecule has 0 atom stereocenters. The molecule has 1 aliphatic carbocycles. The van der Waals surface area contributed by atoms with E-state index >= 15 is 0 Å². The summed E-state index contributed by atoms with van der Waals surface area (Å²) in [6, 6.07) is 7.11. The van der Waals surface area contributed by atoms with Gasteiger partial charge in [0.15, 0.2) is 5.96 Å². The maximum Gasteiger partial charge on any atom is 0.269 e. The van der Waals surface area contributed by atoms with Crippen molar-refractivity contribution in [2.24, 2.45) is 10.4 Å². The van der Waals surface area contributed by atoms with Crippen LogP contribution in [-0.2, 0) is 6.54 Å². The Balaban J connectivity index is 0.00000288. The van der Waals surface area contributed by atoms with Crippen LogP contribution in [0.3, 0.4) is 0 Å². The minimum absolute atomic E-state index is 0. The lowest BCUT2D eigenvalue weighted by Crippen LogP contribution is -2.45. The number of nitrogens with one attached hydrogen (secondary N) is 2. The Labute approximate surface area is 160 Å². The molecule has 0 aromatic heterocycles. The van der Waals surface area contributed by atoms with Crippen molar-refractivity contribution in [2.75, 3.05) is 7.05 Å². The fourth-order valence-electron chi connectivity index (χ4n) is 2.90. The first-order valence-corrected chi connectivity index (χ1v) is 8.10. The van der Waals surface area contributed by atoms with Crippen LogP contribution in [0, 0.1) is 15.5 Å². The Morgan fingerprint density at radius 1 is 1.38 bits per heavy atom. The first kappa shape index (κ1) is 20.7. The molecule has 0 unspecified atom stereocenters. The number of nitro benzene ring substituents is 1. The van der Waals surface area contributed by atoms with E-state index in [1.165, 1.54) is 18.9 Å². The summed E-state index contributed by atoms with van der Waals surface area (Å²) < 4.78 is 0. The van der Waals surface area contributed by atoms with E-state index in [4.69, 9.17) is 0 Å². The van der Waals surface area contributed by atoms with E-state index in [9.17, 15) is 10.1 Å². The van der Waals surface area contributed by atoms with Gasteiger partial charge in [0.2, 0.25) is 0 Å². The number of guanidine groups is 1. The molecule has 24 heavy (non-hydrogen) atoms. The fraction of sp³-hybridized carbons (Fsp3) is 0.588. The van der Waals surface area contributed by atoms with E-state index in [1.807, 2.05) is 6.07 Å². The lowest BCUT2D eigenvalue weighted by molar-refractivity contribution is -0.384. The van der Waals surface area contributed by atoms with Gasteiger partial charge in [-0.15, -0.1) is 24.0 Å². The van der Waals surface area contributed by atoms with Crippen LogP contribution >= 0.6 is 24.0 Å². The normalized spacial score (nSPS) is 17.7. The van der Waals surface area contributed by atoms with Gasteiger partial charge in [-0.25, -0.2) is 0 Å². The molecule has 1 saturated carbocycles. The molecule has 0 bridgehead atoms. The SMILES string of the molecule is CN=C(NCc1cccc([N+](=O)[O-])c1)NC1CCC(C)(C)CC1.I. The van der Waals surface area contributed by atoms with E-state index in [2.05, 4.69) is 29.5 Å². The quantitative estimate of drug-likeness (QED) is 0.242. The highest BCUT2D eigenvalue weighted by Gasteiger charge is 2.27. The van der Waals surface area contributed by atoms with Crippen molar-refractivity contribution >= 4 is 35.6 Å². The second kappa shape index (κ2) is 9.19. The zero-order chi connectivity index (χ0) is 16.9. The number of hydrogen-bond acceptors (Lipinski definition) is 3. The van der Waals surface area contributed by atoms with E-state index in [-0.39, 0.29) is 34.6 Å². The van der Waals surface area contributed by atoms with Gasteiger partial charge in [0.1, 0.15) is 0 Å². The molecule has 1 fully saturated rings. The molecule has 1 aliphatic rings. The Kier molecular flexibility index (Phi) is 7.92. The first-order valence-electron chi connectivity index (χ1n) is 8.10. The molecule has 1 aromatic rings. The Morgan fingerprint density at radius 2 is 2.04 bits per heavy atom. The van der Waals surface area contributed by atoms with Crippen LogP contribution in [0.5, 0.6) is 0 Å². The lowest BCUT2D eigenvalue weighted by Gasteiger charge is -2.35. The summed E-state index contributed by atoms with van der Waals surface area (Å²) in [6.45, 7) is 5.15. The zero-order valence-corrected chi connectivity index (χ0v) is 16.9. The summed E-state index contributed by atoms with van der Waals surface area (Å²) in [7, 11) is 1.75. The van der Waals surface area contributed by atoms with Crippen molar-refractivity contribution in [3.8, 4) is 0 Å². The van der Waals surface area contributed by atoms with Gasteiger partial charge < -0.3 is 10.6 Å². The number of halogens is 1. The van der Waals surface area contributed by atoms with Gasteiger partial charge in [0.05, 0.1) is 4.92 Å². The van der Waals surface area contributed by atoms with Crippen LogP contribution in [0.2, 0.25) is 0 Å². The molecule has 0 heterocycles. The number of non-ortho nitro benzene ring substituents is 1. The molecular formula is C17H27IN4O2. The summed E-state index contributed by atoms with van der Waals surface area (Å²) >= 11 is 0. The fourth-order valence-corrected chi connectivity index (χ4v) is 2.90. The smallest absolute Gasteiger partial charge is 0.269 e. The number of benzene rings is 1. The van der Waals surface area contributed by atoms with Crippen LogP contribution in [0.1, 0.15) is 45.1 Å². The largest absolute Gasteiger partial charge is 0.354 e. The average molecular weight is 446 g/mol. The van der Waals surface area contributed by atoms with E-state index in [0.29, 0.717) is 18.0 Å². The van der Waals surface area contributed by atoms with Gasteiger partial charge >= 0.3 is 0 Å². The molecule has 0 amide bonds. The molecule has 0 spiro atoms. The minimum atomic E-state index is -0.375. The van der Waals surface area contributed by atoms with Gasteiger partial charge in [0, 0.05) is 31.8 Å². The van der Waals surface area contributed by atoms with E-state index < -0.39 is 0 Å². The molecule has 2 N–H and O–H groups in total.